The first-order valence-electron chi connectivity index (χ1n) is 5.73. The van der Waals surface area contributed by atoms with Crippen molar-refractivity contribution >= 4 is 23.2 Å². The standard InChI is InChI=1S/C12H19N3O2S/c1-8(11(16)14-2)7-15(3)12(17)10(13)9-5-4-6-18-9/h4-6,8,10H,7,13H2,1-3H3,(H,14,16). The smallest absolute Gasteiger partial charge is 0.244 e. The van der Waals surface area contributed by atoms with E-state index in [1.165, 1.54) is 16.2 Å². The molecule has 0 spiro atoms. The highest BCUT2D eigenvalue weighted by Gasteiger charge is 2.23. The lowest BCUT2D eigenvalue weighted by atomic mass is 10.1. The molecule has 0 saturated carbocycles. The van der Waals surface area contributed by atoms with Gasteiger partial charge >= 0.3 is 0 Å². The van der Waals surface area contributed by atoms with Crippen LogP contribution in [0, 0.1) is 5.92 Å². The Morgan fingerprint density at radius 1 is 1.56 bits per heavy atom. The molecule has 0 aliphatic heterocycles. The fourth-order valence-corrected chi connectivity index (χ4v) is 2.38. The Labute approximate surface area is 111 Å². The van der Waals surface area contributed by atoms with Gasteiger partial charge in [0.15, 0.2) is 0 Å². The molecule has 0 saturated heterocycles. The van der Waals surface area contributed by atoms with Crippen LogP contribution >= 0.6 is 11.3 Å². The minimum Gasteiger partial charge on any atom is -0.359 e. The van der Waals surface area contributed by atoms with Gasteiger partial charge in [0.1, 0.15) is 6.04 Å². The Kier molecular flexibility index (Phi) is 5.30. The van der Waals surface area contributed by atoms with Gasteiger partial charge in [-0.3, -0.25) is 9.59 Å². The highest BCUT2D eigenvalue weighted by atomic mass is 32.1. The van der Waals surface area contributed by atoms with Gasteiger partial charge in [-0.1, -0.05) is 13.0 Å². The van der Waals surface area contributed by atoms with E-state index in [1.807, 2.05) is 17.5 Å². The second kappa shape index (κ2) is 6.51. The van der Waals surface area contributed by atoms with E-state index in [0.717, 1.165) is 4.88 Å². The lowest BCUT2D eigenvalue weighted by Crippen LogP contribution is -2.41. The number of nitrogens with zero attached hydrogens (tertiary/aromatic N) is 1. The molecule has 1 rings (SSSR count). The van der Waals surface area contributed by atoms with E-state index in [-0.39, 0.29) is 17.7 Å². The fraction of sp³-hybridized carbons (Fsp3) is 0.500. The Balaban J connectivity index is 2.59. The molecule has 1 aromatic rings. The van der Waals surface area contributed by atoms with Crippen LogP contribution in [0.25, 0.3) is 0 Å². The number of thiophene rings is 1. The molecule has 3 N–H and O–H groups in total. The van der Waals surface area contributed by atoms with Gasteiger partial charge in [0.2, 0.25) is 11.8 Å². The van der Waals surface area contributed by atoms with E-state index in [0.29, 0.717) is 6.54 Å². The molecule has 5 nitrogen and oxygen atoms in total. The van der Waals surface area contributed by atoms with Crippen molar-refractivity contribution in [3.8, 4) is 0 Å². The Bertz CT molecular complexity index is 405. The molecule has 6 heteroatoms. The van der Waals surface area contributed by atoms with Crippen molar-refractivity contribution in [3.63, 3.8) is 0 Å². The van der Waals surface area contributed by atoms with Crippen molar-refractivity contribution in [2.45, 2.75) is 13.0 Å². The number of likely N-dealkylation sites (N-methyl/N-ethyl adjacent to an activating group) is 1. The van der Waals surface area contributed by atoms with Crippen LogP contribution in [0.5, 0.6) is 0 Å². The van der Waals surface area contributed by atoms with E-state index in [2.05, 4.69) is 5.32 Å². The number of amides is 2. The Morgan fingerprint density at radius 2 is 2.22 bits per heavy atom. The predicted molar refractivity (Wildman–Crippen MR) is 72.1 cm³/mol. The van der Waals surface area contributed by atoms with Crippen LogP contribution in [-0.4, -0.2) is 37.4 Å². The van der Waals surface area contributed by atoms with Crippen LogP contribution in [0.3, 0.4) is 0 Å². The van der Waals surface area contributed by atoms with Gasteiger partial charge in [-0.15, -0.1) is 11.3 Å². The molecule has 2 amide bonds. The molecule has 2 unspecified atom stereocenters. The van der Waals surface area contributed by atoms with Crippen molar-refractivity contribution in [3.05, 3.63) is 22.4 Å². The summed E-state index contributed by atoms with van der Waals surface area (Å²) < 4.78 is 0. The topological polar surface area (TPSA) is 75.4 Å². The molecule has 0 bridgehead atoms. The highest BCUT2D eigenvalue weighted by Crippen LogP contribution is 2.18. The summed E-state index contributed by atoms with van der Waals surface area (Å²) in [5.41, 5.74) is 5.89. The van der Waals surface area contributed by atoms with Gasteiger partial charge in [-0.2, -0.15) is 0 Å². The zero-order valence-electron chi connectivity index (χ0n) is 10.8. The third-order valence-corrected chi connectivity index (χ3v) is 3.69. The summed E-state index contributed by atoms with van der Waals surface area (Å²) in [6.07, 6.45) is 0. The van der Waals surface area contributed by atoms with Crippen molar-refractivity contribution in [2.24, 2.45) is 11.7 Å². The van der Waals surface area contributed by atoms with Gasteiger partial charge in [-0.25, -0.2) is 0 Å². The van der Waals surface area contributed by atoms with Gasteiger partial charge in [0.25, 0.3) is 0 Å². The molecule has 2 atom stereocenters. The second-order valence-electron chi connectivity index (χ2n) is 4.23. The van der Waals surface area contributed by atoms with E-state index < -0.39 is 6.04 Å². The summed E-state index contributed by atoms with van der Waals surface area (Å²) in [4.78, 5) is 25.8. The third-order valence-electron chi connectivity index (χ3n) is 2.73. The van der Waals surface area contributed by atoms with Crippen molar-refractivity contribution in [1.82, 2.24) is 10.2 Å². The molecule has 0 fully saturated rings. The molecular weight excluding hydrogens is 250 g/mol. The summed E-state index contributed by atoms with van der Waals surface area (Å²) in [7, 11) is 3.24. The maximum atomic E-state index is 12.1. The maximum absolute atomic E-state index is 12.1. The van der Waals surface area contributed by atoms with Crippen molar-refractivity contribution < 1.29 is 9.59 Å². The van der Waals surface area contributed by atoms with Gasteiger partial charge in [0, 0.05) is 25.5 Å². The molecule has 0 aliphatic rings. The first kappa shape index (κ1) is 14.7. The Hall–Kier alpha value is -1.40. The van der Waals surface area contributed by atoms with E-state index in [1.54, 1.807) is 21.0 Å². The summed E-state index contributed by atoms with van der Waals surface area (Å²) in [6, 6.07) is 3.05. The average molecular weight is 269 g/mol. The summed E-state index contributed by atoms with van der Waals surface area (Å²) in [5.74, 6) is -0.507. The molecule has 0 radical (unpaired) electrons. The summed E-state index contributed by atoms with van der Waals surface area (Å²) in [5, 5.41) is 4.44. The summed E-state index contributed by atoms with van der Waals surface area (Å²) >= 11 is 1.45. The van der Waals surface area contributed by atoms with Crippen LogP contribution in [0.4, 0.5) is 0 Å². The van der Waals surface area contributed by atoms with Gasteiger partial charge in [-0.05, 0) is 11.4 Å². The predicted octanol–water partition coefficient (Wildman–Crippen LogP) is 0.588. The van der Waals surface area contributed by atoms with Gasteiger partial charge in [0.05, 0.1) is 5.92 Å². The van der Waals surface area contributed by atoms with E-state index in [4.69, 9.17) is 5.73 Å². The normalized spacial score (nSPS) is 13.8. The van der Waals surface area contributed by atoms with Crippen LogP contribution in [-0.2, 0) is 9.59 Å². The molecule has 1 aromatic heterocycles. The number of hydrogen-bond donors (Lipinski definition) is 2. The lowest BCUT2D eigenvalue weighted by molar-refractivity contribution is -0.133. The molecular formula is C12H19N3O2S. The zero-order chi connectivity index (χ0) is 13.7. The minimum absolute atomic E-state index is 0.0839. The number of hydrogen-bond acceptors (Lipinski definition) is 4. The summed E-state index contributed by atoms with van der Waals surface area (Å²) in [6.45, 7) is 2.14. The minimum atomic E-state index is -0.646. The quantitative estimate of drug-likeness (QED) is 0.821. The van der Waals surface area contributed by atoms with Crippen LogP contribution in [0.1, 0.15) is 17.8 Å². The highest BCUT2D eigenvalue weighted by molar-refractivity contribution is 7.10. The van der Waals surface area contributed by atoms with Crippen LogP contribution in [0.15, 0.2) is 17.5 Å². The maximum Gasteiger partial charge on any atom is 0.244 e. The first-order chi connectivity index (χ1) is 8.47. The molecule has 1 heterocycles. The Morgan fingerprint density at radius 3 is 2.72 bits per heavy atom. The third kappa shape index (κ3) is 3.54. The number of carbonyl (C=O) groups is 2. The first-order valence-corrected chi connectivity index (χ1v) is 6.61. The zero-order valence-corrected chi connectivity index (χ0v) is 11.7. The SMILES string of the molecule is CNC(=O)C(C)CN(C)C(=O)C(N)c1cccs1. The molecule has 0 aromatic carbocycles. The van der Waals surface area contributed by atoms with Crippen LogP contribution in [0.2, 0.25) is 0 Å². The molecule has 18 heavy (non-hydrogen) atoms. The monoisotopic (exact) mass is 269 g/mol. The van der Waals surface area contributed by atoms with E-state index >= 15 is 0 Å². The van der Waals surface area contributed by atoms with Crippen molar-refractivity contribution in [2.75, 3.05) is 20.6 Å². The molecule has 0 aliphatic carbocycles. The molecule has 100 valence electrons. The lowest BCUT2D eigenvalue weighted by Gasteiger charge is -2.23. The number of rotatable bonds is 5. The van der Waals surface area contributed by atoms with E-state index in [9.17, 15) is 9.59 Å². The average Bonchev–Trinajstić information content (AvgIpc) is 2.89. The number of nitrogens with one attached hydrogen (secondary N) is 1. The second-order valence-corrected chi connectivity index (χ2v) is 5.21. The number of nitrogens with two attached hydrogens (primary N) is 1. The van der Waals surface area contributed by atoms with Crippen molar-refractivity contribution in [1.29, 1.82) is 0 Å². The van der Waals surface area contributed by atoms with Crippen LogP contribution < -0.4 is 11.1 Å². The number of carbonyl (C=O) groups excluding carboxylic acids is 2. The van der Waals surface area contributed by atoms with Gasteiger partial charge < -0.3 is 16.0 Å². The fourth-order valence-electron chi connectivity index (χ4n) is 1.66. The largest absolute Gasteiger partial charge is 0.359 e.